The minimum Gasteiger partial charge on any atom is -0.375 e. The van der Waals surface area contributed by atoms with Crippen LogP contribution in [0, 0.1) is 16.7 Å². The maximum absolute atomic E-state index is 6.55. The normalized spacial score (nSPS) is 17.6. The second-order valence-corrected chi connectivity index (χ2v) is 14.5. The molecule has 0 aromatic carbocycles. The molecule has 0 saturated carbocycles. The van der Waals surface area contributed by atoms with Crippen LogP contribution in [-0.4, -0.2) is 47.7 Å². The van der Waals surface area contributed by atoms with Gasteiger partial charge in [0.15, 0.2) is 0 Å². The van der Waals surface area contributed by atoms with Gasteiger partial charge in [-0.25, -0.2) is 0 Å². The zero-order valence-electron chi connectivity index (χ0n) is 25.6. The molecular formula is C29H62N2O3. The smallest absolute Gasteiger partial charge is 0.0678 e. The van der Waals surface area contributed by atoms with Gasteiger partial charge in [0, 0.05) is 18.2 Å². The molecule has 34 heavy (non-hydrogen) atoms. The Balaban J connectivity index is 4.98. The Morgan fingerprint density at radius 3 is 1.59 bits per heavy atom. The summed E-state index contributed by atoms with van der Waals surface area (Å²) in [7, 11) is 0. The Morgan fingerprint density at radius 1 is 0.676 bits per heavy atom. The molecule has 0 fully saturated rings. The van der Waals surface area contributed by atoms with E-state index < -0.39 is 0 Å². The molecule has 3 unspecified atom stereocenters. The quantitative estimate of drug-likeness (QED) is 0.254. The lowest BCUT2D eigenvalue weighted by atomic mass is 9.72. The van der Waals surface area contributed by atoms with Crippen molar-refractivity contribution in [2.24, 2.45) is 28.2 Å². The van der Waals surface area contributed by atoms with E-state index in [4.69, 9.17) is 25.7 Å². The van der Waals surface area contributed by atoms with Crippen LogP contribution in [0.4, 0.5) is 0 Å². The molecule has 206 valence electrons. The first-order valence-corrected chi connectivity index (χ1v) is 13.4. The minimum atomic E-state index is -0.297. The first-order chi connectivity index (χ1) is 14.9. The number of hydrogen-bond acceptors (Lipinski definition) is 5. The van der Waals surface area contributed by atoms with E-state index >= 15 is 0 Å². The van der Waals surface area contributed by atoms with Gasteiger partial charge >= 0.3 is 0 Å². The highest BCUT2D eigenvalue weighted by Gasteiger charge is 2.42. The summed E-state index contributed by atoms with van der Waals surface area (Å²) in [4.78, 5) is 0. The summed E-state index contributed by atoms with van der Waals surface area (Å²) in [6.45, 7) is 33.9. The van der Waals surface area contributed by atoms with Gasteiger partial charge in [-0.3, -0.25) is 0 Å². The lowest BCUT2D eigenvalue weighted by molar-refractivity contribution is -0.153. The van der Waals surface area contributed by atoms with Crippen molar-refractivity contribution in [1.82, 2.24) is 0 Å². The molecule has 0 spiro atoms. The van der Waals surface area contributed by atoms with Crippen LogP contribution in [0.3, 0.4) is 0 Å². The van der Waals surface area contributed by atoms with E-state index in [1.165, 1.54) is 0 Å². The molecule has 0 aliphatic carbocycles. The number of hydrogen-bond donors (Lipinski definition) is 2. The van der Waals surface area contributed by atoms with Crippen molar-refractivity contribution >= 4 is 0 Å². The van der Waals surface area contributed by atoms with Crippen LogP contribution in [-0.2, 0) is 14.2 Å². The predicted octanol–water partition coefficient (Wildman–Crippen LogP) is 6.70. The summed E-state index contributed by atoms with van der Waals surface area (Å²) in [6, 6.07) is 0.122. The Labute approximate surface area is 213 Å². The zero-order valence-corrected chi connectivity index (χ0v) is 25.6. The highest BCUT2D eigenvalue weighted by molar-refractivity contribution is 4.92. The molecule has 3 atom stereocenters. The minimum absolute atomic E-state index is 0.0506. The van der Waals surface area contributed by atoms with Crippen molar-refractivity contribution in [3.8, 4) is 0 Å². The van der Waals surface area contributed by atoms with E-state index in [-0.39, 0.29) is 51.2 Å². The molecule has 0 heterocycles. The van der Waals surface area contributed by atoms with E-state index in [9.17, 15) is 0 Å². The standard InChI is InChI=1S/C29H62N2O3/c1-21(27(10,11)31)20-33-28(12,13)24(4,5)16-17-32-29(14,15)25(6,7)19-23(3)34-26(8,9)18-22(2)30/h21-23H,16-20,30-31H2,1-15H3. The fraction of sp³-hybridized carbons (Fsp3) is 1.00. The van der Waals surface area contributed by atoms with Crippen molar-refractivity contribution in [3.05, 3.63) is 0 Å². The second-order valence-electron chi connectivity index (χ2n) is 14.5. The van der Waals surface area contributed by atoms with Crippen LogP contribution in [0.25, 0.3) is 0 Å². The summed E-state index contributed by atoms with van der Waals surface area (Å²) in [5.41, 5.74) is 11.1. The van der Waals surface area contributed by atoms with Gasteiger partial charge in [-0.15, -0.1) is 0 Å². The van der Waals surface area contributed by atoms with Crippen molar-refractivity contribution in [1.29, 1.82) is 0 Å². The van der Waals surface area contributed by atoms with Crippen LogP contribution in [0.15, 0.2) is 0 Å². The molecular weight excluding hydrogens is 424 g/mol. The van der Waals surface area contributed by atoms with Crippen LogP contribution < -0.4 is 11.5 Å². The van der Waals surface area contributed by atoms with Crippen LogP contribution in [0.1, 0.15) is 123 Å². The van der Waals surface area contributed by atoms with Gasteiger partial charge in [-0.2, -0.15) is 0 Å². The third-order valence-electron chi connectivity index (χ3n) is 8.55. The summed E-state index contributed by atoms with van der Waals surface area (Å²) >= 11 is 0. The van der Waals surface area contributed by atoms with Crippen LogP contribution >= 0.6 is 0 Å². The summed E-state index contributed by atoms with van der Waals surface area (Å²) in [6.07, 6.45) is 2.77. The van der Waals surface area contributed by atoms with Crippen LogP contribution in [0.5, 0.6) is 0 Å². The lowest BCUT2D eigenvalue weighted by Gasteiger charge is -2.46. The van der Waals surface area contributed by atoms with E-state index in [0.29, 0.717) is 13.2 Å². The topological polar surface area (TPSA) is 79.7 Å². The third-order valence-corrected chi connectivity index (χ3v) is 8.55. The fourth-order valence-electron chi connectivity index (χ4n) is 4.18. The Hall–Kier alpha value is -0.200. The molecule has 0 aliphatic rings. The monoisotopic (exact) mass is 486 g/mol. The number of nitrogens with two attached hydrogens (primary N) is 2. The molecule has 0 saturated heterocycles. The van der Waals surface area contributed by atoms with Gasteiger partial charge in [0.05, 0.1) is 29.5 Å². The summed E-state index contributed by atoms with van der Waals surface area (Å²) in [5, 5.41) is 0. The molecule has 0 aromatic heterocycles. The average Bonchev–Trinajstić information content (AvgIpc) is 2.55. The number of ether oxygens (including phenoxy) is 3. The zero-order chi connectivity index (χ0) is 27.4. The second kappa shape index (κ2) is 11.9. The molecule has 0 radical (unpaired) electrons. The van der Waals surface area contributed by atoms with Crippen molar-refractivity contribution in [2.75, 3.05) is 13.2 Å². The van der Waals surface area contributed by atoms with E-state index in [0.717, 1.165) is 19.3 Å². The molecule has 5 heteroatoms. The Bertz CT molecular complexity index is 601. The Morgan fingerprint density at radius 2 is 1.15 bits per heavy atom. The molecule has 0 rings (SSSR count). The number of rotatable bonds is 16. The van der Waals surface area contributed by atoms with Gasteiger partial charge in [0.1, 0.15) is 0 Å². The fourth-order valence-corrected chi connectivity index (χ4v) is 4.18. The highest BCUT2D eigenvalue weighted by Crippen LogP contribution is 2.42. The average molecular weight is 487 g/mol. The molecule has 0 aliphatic heterocycles. The van der Waals surface area contributed by atoms with E-state index in [2.05, 4.69) is 96.9 Å². The molecule has 0 bridgehead atoms. The van der Waals surface area contributed by atoms with Gasteiger partial charge in [0.25, 0.3) is 0 Å². The first kappa shape index (κ1) is 33.8. The summed E-state index contributed by atoms with van der Waals surface area (Å²) in [5.74, 6) is 0.279. The highest BCUT2D eigenvalue weighted by atomic mass is 16.5. The van der Waals surface area contributed by atoms with Crippen molar-refractivity contribution in [3.63, 3.8) is 0 Å². The van der Waals surface area contributed by atoms with E-state index in [1.54, 1.807) is 0 Å². The summed E-state index contributed by atoms with van der Waals surface area (Å²) < 4.78 is 19.3. The molecule has 4 N–H and O–H groups in total. The van der Waals surface area contributed by atoms with Gasteiger partial charge < -0.3 is 25.7 Å². The molecule has 5 nitrogen and oxygen atoms in total. The molecule has 0 amide bonds. The van der Waals surface area contributed by atoms with Crippen LogP contribution in [0.2, 0.25) is 0 Å². The predicted molar refractivity (Wildman–Crippen MR) is 147 cm³/mol. The Kier molecular flexibility index (Phi) is 11.8. The van der Waals surface area contributed by atoms with E-state index in [1.807, 2.05) is 6.92 Å². The SMILES string of the molecule is CC(N)CC(C)(C)OC(C)CC(C)(C)C(C)(C)OCCC(C)(C)C(C)(C)OCC(C)C(C)(C)N. The molecule has 0 aromatic rings. The third kappa shape index (κ3) is 10.8. The van der Waals surface area contributed by atoms with Gasteiger partial charge in [-0.1, -0.05) is 34.6 Å². The van der Waals surface area contributed by atoms with Crippen molar-refractivity contribution in [2.45, 2.75) is 158 Å². The first-order valence-electron chi connectivity index (χ1n) is 13.4. The van der Waals surface area contributed by atoms with Gasteiger partial charge in [0.2, 0.25) is 0 Å². The maximum Gasteiger partial charge on any atom is 0.0678 e. The maximum atomic E-state index is 6.55. The van der Waals surface area contributed by atoms with Gasteiger partial charge in [-0.05, 0) is 105 Å². The largest absolute Gasteiger partial charge is 0.375 e. The lowest BCUT2D eigenvalue weighted by Crippen LogP contribution is -2.48. The van der Waals surface area contributed by atoms with Crippen molar-refractivity contribution < 1.29 is 14.2 Å².